The first kappa shape index (κ1) is 18.2. The highest BCUT2D eigenvalue weighted by molar-refractivity contribution is 5.82. The first-order valence-electron chi connectivity index (χ1n) is 9.29. The van der Waals surface area contributed by atoms with Gasteiger partial charge in [-0.15, -0.1) is 0 Å². The Hall–Kier alpha value is -1.59. The van der Waals surface area contributed by atoms with Crippen molar-refractivity contribution in [3.8, 4) is 11.5 Å². The minimum atomic E-state index is 0.250. The number of benzene rings is 1. The zero-order valence-corrected chi connectivity index (χ0v) is 15.3. The van der Waals surface area contributed by atoms with Gasteiger partial charge in [0.2, 0.25) is 0 Å². The Morgan fingerprint density at radius 2 is 1.92 bits per heavy atom. The number of likely N-dealkylation sites (tertiary alicyclic amines) is 1. The molecule has 5 heteroatoms. The third-order valence-corrected chi connectivity index (χ3v) is 5.36. The van der Waals surface area contributed by atoms with Crippen molar-refractivity contribution in [2.45, 2.75) is 50.7 Å². The Bertz CT molecular complexity index is 589. The van der Waals surface area contributed by atoms with Crippen LogP contribution < -0.4 is 9.47 Å². The molecule has 2 aliphatic rings. The lowest BCUT2D eigenvalue weighted by atomic mass is 9.91. The summed E-state index contributed by atoms with van der Waals surface area (Å²) in [7, 11) is 3.30. The van der Waals surface area contributed by atoms with E-state index in [9.17, 15) is 4.79 Å². The number of rotatable bonds is 7. The van der Waals surface area contributed by atoms with E-state index in [0.717, 1.165) is 37.3 Å². The average Bonchev–Trinajstić information content (AvgIpc) is 3.08. The molecule has 1 saturated heterocycles. The van der Waals surface area contributed by atoms with Gasteiger partial charge in [-0.05, 0) is 37.0 Å². The summed E-state index contributed by atoms with van der Waals surface area (Å²) in [5.41, 5.74) is 1.18. The Kier molecular flexibility index (Phi) is 6.32. The normalized spacial score (nSPS) is 24.5. The summed E-state index contributed by atoms with van der Waals surface area (Å²) >= 11 is 0. The van der Waals surface area contributed by atoms with Crippen molar-refractivity contribution in [3.05, 3.63) is 23.8 Å². The van der Waals surface area contributed by atoms with Crippen LogP contribution in [0.25, 0.3) is 0 Å². The maximum Gasteiger partial charge on any atom is 0.160 e. The molecule has 1 saturated carbocycles. The highest BCUT2D eigenvalue weighted by Gasteiger charge is 2.34. The molecule has 1 aromatic carbocycles. The van der Waals surface area contributed by atoms with Crippen LogP contribution in [0.2, 0.25) is 0 Å². The predicted molar refractivity (Wildman–Crippen MR) is 96.4 cm³/mol. The van der Waals surface area contributed by atoms with Gasteiger partial charge in [0, 0.05) is 19.0 Å². The molecule has 0 spiro atoms. The number of hydrogen-bond acceptors (Lipinski definition) is 5. The number of nitrogens with zero attached hydrogens (tertiary/aromatic N) is 1. The molecule has 5 nitrogen and oxygen atoms in total. The van der Waals surface area contributed by atoms with E-state index in [2.05, 4.69) is 11.0 Å². The topological polar surface area (TPSA) is 48.0 Å². The predicted octanol–water partition coefficient (Wildman–Crippen LogP) is 2.85. The molecule has 1 aliphatic carbocycles. The van der Waals surface area contributed by atoms with Crippen LogP contribution in [0.4, 0.5) is 0 Å². The van der Waals surface area contributed by atoms with Gasteiger partial charge < -0.3 is 14.2 Å². The summed E-state index contributed by atoms with van der Waals surface area (Å²) in [4.78, 5) is 13.9. The summed E-state index contributed by atoms with van der Waals surface area (Å²) in [5.74, 6) is 1.87. The molecular formula is C20H29NO4. The maximum absolute atomic E-state index is 11.6. The Morgan fingerprint density at radius 1 is 1.12 bits per heavy atom. The Balaban J connectivity index is 1.54. The minimum absolute atomic E-state index is 0.250. The summed E-state index contributed by atoms with van der Waals surface area (Å²) in [6.45, 7) is 2.21. The number of hydrogen-bond donors (Lipinski definition) is 0. The van der Waals surface area contributed by atoms with Gasteiger partial charge in [-0.1, -0.05) is 18.9 Å². The number of methoxy groups -OCH3 is 2. The number of ether oxygens (including phenoxy) is 3. The van der Waals surface area contributed by atoms with E-state index in [1.54, 1.807) is 14.2 Å². The standard InChI is InChI=1S/C20H29NO4/c1-23-19-8-7-15(13-20(19)24-2)10-12-25-18-6-4-3-5-17(18)21-11-9-16(22)14-21/h7-8,13,17-18H,3-6,9-12,14H2,1-2H3/t17-,18?/m1/s1. The second-order valence-electron chi connectivity index (χ2n) is 6.96. The van der Waals surface area contributed by atoms with Gasteiger partial charge in [0.25, 0.3) is 0 Å². The van der Waals surface area contributed by atoms with Gasteiger partial charge in [-0.2, -0.15) is 0 Å². The second kappa shape index (κ2) is 8.68. The van der Waals surface area contributed by atoms with E-state index in [-0.39, 0.29) is 6.10 Å². The molecule has 1 aromatic rings. The van der Waals surface area contributed by atoms with Crippen LogP contribution in [0.15, 0.2) is 18.2 Å². The van der Waals surface area contributed by atoms with E-state index in [4.69, 9.17) is 14.2 Å². The molecule has 0 radical (unpaired) electrons. The summed E-state index contributed by atoms with van der Waals surface area (Å²) < 4.78 is 16.9. The van der Waals surface area contributed by atoms with E-state index in [0.29, 0.717) is 31.4 Å². The van der Waals surface area contributed by atoms with Crippen molar-refractivity contribution < 1.29 is 19.0 Å². The number of carbonyl (C=O) groups is 1. The largest absolute Gasteiger partial charge is 0.493 e. The molecule has 0 N–H and O–H groups in total. The molecule has 1 heterocycles. The molecule has 0 amide bonds. The van der Waals surface area contributed by atoms with Crippen LogP contribution in [-0.2, 0) is 16.0 Å². The Labute approximate surface area is 150 Å². The van der Waals surface area contributed by atoms with Gasteiger partial charge in [-0.3, -0.25) is 9.69 Å². The smallest absolute Gasteiger partial charge is 0.160 e. The quantitative estimate of drug-likeness (QED) is 0.759. The van der Waals surface area contributed by atoms with Gasteiger partial charge >= 0.3 is 0 Å². The zero-order valence-electron chi connectivity index (χ0n) is 15.3. The highest BCUT2D eigenvalue weighted by atomic mass is 16.5. The lowest BCUT2D eigenvalue weighted by Crippen LogP contribution is -2.45. The van der Waals surface area contributed by atoms with Crippen LogP contribution in [0.1, 0.15) is 37.7 Å². The molecule has 0 aromatic heterocycles. The third-order valence-electron chi connectivity index (χ3n) is 5.36. The lowest BCUT2D eigenvalue weighted by Gasteiger charge is -2.37. The molecule has 0 bridgehead atoms. The number of carbonyl (C=O) groups excluding carboxylic acids is 1. The third kappa shape index (κ3) is 4.53. The molecule has 2 fully saturated rings. The summed E-state index contributed by atoms with van der Waals surface area (Å²) in [6.07, 6.45) is 6.51. The van der Waals surface area contributed by atoms with Crippen molar-refractivity contribution in [2.75, 3.05) is 33.9 Å². The van der Waals surface area contributed by atoms with Crippen LogP contribution in [0.3, 0.4) is 0 Å². The van der Waals surface area contributed by atoms with Crippen LogP contribution in [0.5, 0.6) is 11.5 Å². The fourth-order valence-electron chi connectivity index (χ4n) is 3.99. The zero-order chi connectivity index (χ0) is 17.6. The van der Waals surface area contributed by atoms with Gasteiger partial charge in [-0.25, -0.2) is 0 Å². The highest BCUT2D eigenvalue weighted by Crippen LogP contribution is 2.29. The molecule has 138 valence electrons. The SMILES string of the molecule is COc1ccc(CCOC2CCCC[C@H]2N2CCC(=O)C2)cc1OC. The molecule has 2 atom stereocenters. The lowest BCUT2D eigenvalue weighted by molar-refractivity contribution is -0.117. The van der Waals surface area contributed by atoms with Crippen molar-refractivity contribution in [2.24, 2.45) is 0 Å². The van der Waals surface area contributed by atoms with Crippen LogP contribution in [0, 0.1) is 0 Å². The van der Waals surface area contributed by atoms with E-state index in [1.807, 2.05) is 12.1 Å². The first-order valence-corrected chi connectivity index (χ1v) is 9.29. The monoisotopic (exact) mass is 347 g/mol. The number of ketones is 1. The van der Waals surface area contributed by atoms with Crippen LogP contribution in [-0.4, -0.2) is 56.7 Å². The minimum Gasteiger partial charge on any atom is -0.493 e. The van der Waals surface area contributed by atoms with Gasteiger partial charge in [0.05, 0.1) is 33.5 Å². The average molecular weight is 347 g/mol. The fraction of sp³-hybridized carbons (Fsp3) is 0.650. The maximum atomic E-state index is 11.6. The van der Waals surface area contributed by atoms with Crippen molar-refractivity contribution in [3.63, 3.8) is 0 Å². The molecule has 25 heavy (non-hydrogen) atoms. The van der Waals surface area contributed by atoms with E-state index < -0.39 is 0 Å². The molecule has 1 unspecified atom stereocenters. The summed E-state index contributed by atoms with van der Waals surface area (Å²) in [5, 5.41) is 0. The molecule has 1 aliphatic heterocycles. The van der Waals surface area contributed by atoms with Crippen molar-refractivity contribution >= 4 is 5.78 Å². The van der Waals surface area contributed by atoms with Crippen LogP contribution >= 0.6 is 0 Å². The van der Waals surface area contributed by atoms with E-state index in [1.165, 1.54) is 18.4 Å². The fourth-order valence-corrected chi connectivity index (χ4v) is 3.99. The van der Waals surface area contributed by atoms with Gasteiger partial charge in [0.15, 0.2) is 11.5 Å². The van der Waals surface area contributed by atoms with Gasteiger partial charge in [0.1, 0.15) is 5.78 Å². The van der Waals surface area contributed by atoms with Crippen molar-refractivity contribution in [1.82, 2.24) is 4.90 Å². The molecule has 3 rings (SSSR count). The first-order chi connectivity index (χ1) is 12.2. The number of Topliss-reactive ketones (excluding diaryl/α,β-unsaturated/α-hetero) is 1. The molecular weight excluding hydrogens is 318 g/mol. The summed E-state index contributed by atoms with van der Waals surface area (Å²) in [6, 6.07) is 6.42. The van der Waals surface area contributed by atoms with Crippen molar-refractivity contribution in [1.29, 1.82) is 0 Å². The Morgan fingerprint density at radius 3 is 2.64 bits per heavy atom. The second-order valence-corrected chi connectivity index (χ2v) is 6.96. The van der Waals surface area contributed by atoms with E-state index >= 15 is 0 Å².